The van der Waals surface area contributed by atoms with Gasteiger partial charge in [0.2, 0.25) is 6.79 Å². The van der Waals surface area contributed by atoms with Crippen molar-refractivity contribution in [2.75, 3.05) is 6.79 Å². The molecule has 0 saturated carbocycles. The van der Waals surface area contributed by atoms with Crippen LogP contribution in [0.3, 0.4) is 0 Å². The number of benzene rings is 2. The molecule has 3 aromatic rings. The molecule has 162 valence electrons. The van der Waals surface area contributed by atoms with Crippen molar-refractivity contribution in [1.29, 1.82) is 0 Å². The number of urea groups is 1. The third kappa shape index (κ3) is 3.56. The van der Waals surface area contributed by atoms with Crippen LogP contribution in [0.1, 0.15) is 22.5 Å². The number of aryl methyl sites for hydroxylation is 1. The lowest BCUT2D eigenvalue weighted by Crippen LogP contribution is -2.30. The molecule has 0 aliphatic carbocycles. The van der Waals surface area contributed by atoms with Crippen LogP contribution in [-0.2, 0) is 11.3 Å². The van der Waals surface area contributed by atoms with Crippen molar-refractivity contribution in [1.82, 2.24) is 14.8 Å². The highest BCUT2D eigenvalue weighted by Gasteiger charge is 2.33. The lowest BCUT2D eigenvalue weighted by Gasteiger charge is -2.11. The van der Waals surface area contributed by atoms with E-state index in [2.05, 4.69) is 25.8 Å². The Morgan fingerprint density at radius 2 is 1.78 bits per heavy atom. The first-order valence-electron chi connectivity index (χ1n) is 10.1. The number of halogens is 1. The van der Waals surface area contributed by atoms with Crippen molar-refractivity contribution in [3.63, 3.8) is 0 Å². The summed E-state index contributed by atoms with van der Waals surface area (Å²) in [5.74, 6) is 1.09. The van der Waals surface area contributed by atoms with Gasteiger partial charge in [-0.3, -0.25) is 9.69 Å². The average molecular weight is 494 g/mol. The van der Waals surface area contributed by atoms with E-state index in [1.807, 2.05) is 62.4 Å². The summed E-state index contributed by atoms with van der Waals surface area (Å²) in [5.41, 5.74) is 4.87. The van der Waals surface area contributed by atoms with Crippen LogP contribution in [0.5, 0.6) is 11.5 Å². The van der Waals surface area contributed by atoms with Crippen LogP contribution in [0, 0.1) is 13.8 Å². The number of rotatable bonds is 4. The molecule has 1 N–H and O–H groups in total. The zero-order chi connectivity index (χ0) is 22.4. The van der Waals surface area contributed by atoms with Gasteiger partial charge in [-0.05, 0) is 61.4 Å². The number of fused-ring (bicyclic) bond motifs is 1. The van der Waals surface area contributed by atoms with E-state index in [1.165, 1.54) is 4.90 Å². The highest BCUT2D eigenvalue weighted by atomic mass is 79.9. The molecule has 5 rings (SSSR count). The Morgan fingerprint density at radius 3 is 2.56 bits per heavy atom. The molecule has 2 aliphatic rings. The Bertz CT molecular complexity index is 1280. The Labute approximate surface area is 193 Å². The molecule has 0 radical (unpaired) electrons. The molecule has 3 amide bonds. The molecule has 1 saturated heterocycles. The van der Waals surface area contributed by atoms with Crippen molar-refractivity contribution >= 4 is 33.9 Å². The summed E-state index contributed by atoms with van der Waals surface area (Å²) < 4.78 is 13.9. The fourth-order valence-electron chi connectivity index (χ4n) is 4.00. The number of carbonyl (C=O) groups excluding carboxylic acids is 2. The number of aromatic nitrogens is 1. The second-order valence-electron chi connectivity index (χ2n) is 7.71. The van der Waals surface area contributed by atoms with Gasteiger partial charge in [-0.15, -0.1) is 0 Å². The van der Waals surface area contributed by atoms with Crippen LogP contribution < -0.4 is 14.8 Å². The fourth-order valence-corrected chi connectivity index (χ4v) is 4.26. The fraction of sp³-hybridized carbons (Fsp3) is 0.167. The molecule has 2 aliphatic heterocycles. The minimum Gasteiger partial charge on any atom is -0.454 e. The third-order valence-electron chi connectivity index (χ3n) is 5.60. The maximum atomic E-state index is 12.9. The van der Waals surface area contributed by atoms with Gasteiger partial charge in [-0.25, -0.2) is 4.79 Å². The largest absolute Gasteiger partial charge is 0.454 e. The molecule has 1 aromatic heterocycles. The van der Waals surface area contributed by atoms with Crippen molar-refractivity contribution < 1.29 is 19.1 Å². The van der Waals surface area contributed by atoms with Crippen molar-refractivity contribution in [3.05, 3.63) is 81.2 Å². The molecule has 3 heterocycles. The van der Waals surface area contributed by atoms with Gasteiger partial charge in [0.05, 0.1) is 6.54 Å². The summed E-state index contributed by atoms with van der Waals surface area (Å²) in [6, 6.07) is 14.9. The molecule has 8 heteroatoms. The van der Waals surface area contributed by atoms with Crippen LogP contribution in [0.25, 0.3) is 11.8 Å². The molecular formula is C24H20BrN3O4. The minimum absolute atomic E-state index is 0.214. The number of nitrogens with one attached hydrogen (secondary N) is 1. The Kier molecular flexibility index (Phi) is 5.01. The van der Waals surface area contributed by atoms with Crippen LogP contribution >= 0.6 is 15.9 Å². The zero-order valence-corrected chi connectivity index (χ0v) is 19.1. The topological polar surface area (TPSA) is 72.8 Å². The van der Waals surface area contributed by atoms with Gasteiger partial charge in [0.1, 0.15) is 5.70 Å². The standard InChI is InChI=1S/C24H20BrN3O4/c1-14-9-17(15(2)28(14)19-7-8-21-22(11-19)32-13-31-21)10-20-23(29)27(24(30)26-20)12-16-3-5-18(25)6-4-16/h3-11H,12-13H2,1-2H3,(H,26,30). The maximum Gasteiger partial charge on any atom is 0.329 e. The number of hydrogen-bond donors (Lipinski definition) is 1. The van der Waals surface area contributed by atoms with Gasteiger partial charge in [0.15, 0.2) is 11.5 Å². The molecule has 7 nitrogen and oxygen atoms in total. The molecule has 0 spiro atoms. The maximum absolute atomic E-state index is 12.9. The first-order valence-corrected chi connectivity index (χ1v) is 10.9. The van der Waals surface area contributed by atoms with Gasteiger partial charge >= 0.3 is 6.03 Å². The molecule has 0 atom stereocenters. The second kappa shape index (κ2) is 7.87. The summed E-state index contributed by atoms with van der Waals surface area (Å²) in [5, 5.41) is 2.71. The van der Waals surface area contributed by atoms with Gasteiger partial charge in [-0.1, -0.05) is 28.1 Å². The van der Waals surface area contributed by atoms with Crippen LogP contribution in [0.15, 0.2) is 58.7 Å². The molecule has 0 unspecified atom stereocenters. The molecule has 1 fully saturated rings. The van der Waals surface area contributed by atoms with Gasteiger partial charge in [0, 0.05) is 27.6 Å². The van der Waals surface area contributed by atoms with Crippen molar-refractivity contribution in [3.8, 4) is 17.2 Å². The van der Waals surface area contributed by atoms with Crippen LogP contribution in [0.4, 0.5) is 4.79 Å². The normalized spacial score (nSPS) is 16.2. The van der Waals surface area contributed by atoms with E-state index >= 15 is 0 Å². The number of imide groups is 1. The van der Waals surface area contributed by atoms with E-state index in [0.717, 1.165) is 38.4 Å². The van der Waals surface area contributed by atoms with Crippen molar-refractivity contribution in [2.45, 2.75) is 20.4 Å². The molecule has 0 bridgehead atoms. The first kappa shape index (κ1) is 20.4. The van der Waals surface area contributed by atoms with E-state index < -0.39 is 6.03 Å². The third-order valence-corrected chi connectivity index (χ3v) is 6.13. The van der Waals surface area contributed by atoms with Gasteiger partial charge in [0.25, 0.3) is 5.91 Å². The lowest BCUT2D eigenvalue weighted by atomic mass is 10.2. The number of hydrogen-bond acceptors (Lipinski definition) is 4. The van der Waals surface area contributed by atoms with Gasteiger partial charge in [-0.2, -0.15) is 0 Å². The SMILES string of the molecule is Cc1cc(C=C2NC(=O)N(Cc3ccc(Br)cc3)C2=O)c(C)n1-c1ccc2c(c1)OCO2. The summed E-state index contributed by atoms with van der Waals surface area (Å²) in [4.78, 5) is 26.6. The monoisotopic (exact) mass is 493 g/mol. The number of amides is 3. The predicted octanol–water partition coefficient (Wildman–Crippen LogP) is 4.68. The first-order chi connectivity index (χ1) is 15.4. The van der Waals surface area contributed by atoms with E-state index in [1.54, 1.807) is 6.08 Å². The number of nitrogens with zero attached hydrogens (tertiary/aromatic N) is 2. The lowest BCUT2D eigenvalue weighted by molar-refractivity contribution is -0.123. The predicted molar refractivity (Wildman–Crippen MR) is 123 cm³/mol. The van der Waals surface area contributed by atoms with Crippen LogP contribution in [-0.4, -0.2) is 28.2 Å². The second-order valence-corrected chi connectivity index (χ2v) is 8.62. The Balaban J connectivity index is 1.43. The number of carbonyl (C=O) groups is 2. The molecule has 2 aromatic carbocycles. The van der Waals surface area contributed by atoms with E-state index in [4.69, 9.17) is 9.47 Å². The highest BCUT2D eigenvalue weighted by molar-refractivity contribution is 9.10. The average Bonchev–Trinajstić information content (AvgIpc) is 3.42. The molecule has 32 heavy (non-hydrogen) atoms. The smallest absolute Gasteiger partial charge is 0.329 e. The van der Waals surface area contributed by atoms with Gasteiger partial charge < -0.3 is 19.4 Å². The minimum atomic E-state index is -0.422. The summed E-state index contributed by atoms with van der Waals surface area (Å²) in [6.45, 7) is 4.41. The highest BCUT2D eigenvalue weighted by Crippen LogP contribution is 2.35. The number of ether oxygens (including phenoxy) is 2. The summed E-state index contributed by atoms with van der Waals surface area (Å²) in [7, 11) is 0. The Hall–Kier alpha value is -3.52. The van der Waals surface area contributed by atoms with E-state index in [0.29, 0.717) is 5.75 Å². The van der Waals surface area contributed by atoms with Crippen LogP contribution in [0.2, 0.25) is 0 Å². The van der Waals surface area contributed by atoms with E-state index in [9.17, 15) is 9.59 Å². The van der Waals surface area contributed by atoms with E-state index in [-0.39, 0.29) is 24.9 Å². The van der Waals surface area contributed by atoms with Crippen molar-refractivity contribution in [2.24, 2.45) is 0 Å². The quantitative estimate of drug-likeness (QED) is 0.423. The zero-order valence-electron chi connectivity index (χ0n) is 17.5. The molecular weight excluding hydrogens is 474 g/mol. The summed E-state index contributed by atoms with van der Waals surface area (Å²) >= 11 is 3.39. The Morgan fingerprint density at radius 1 is 1.03 bits per heavy atom. The summed E-state index contributed by atoms with van der Waals surface area (Å²) in [6.07, 6.45) is 1.73.